The highest BCUT2D eigenvalue weighted by Crippen LogP contribution is 2.07. The van der Waals surface area contributed by atoms with Crippen LogP contribution in [0.15, 0.2) is 17.5 Å². The fourth-order valence-electron chi connectivity index (χ4n) is 1.50. The zero-order chi connectivity index (χ0) is 13.2. The van der Waals surface area contributed by atoms with Crippen molar-refractivity contribution in [3.05, 3.63) is 22.4 Å². The van der Waals surface area contributed by atoms with Gasteiger partial charge in [0, 0.05) is 19.5 Å². The lowest BCUT2D eigenvalue weighted by Gasteiger charge is -2.06. The van der Waals surface area contributed by atoms with E-state index in [4.69, 9.17) is 0 Å². The molecule has 0 unspecified atom stereocenters. The fourth-order valence-corrected chi connectivity index (χ4v) is 2.14. The van der Waals surface area contributed by atoms with E-state index in [1.165, 1.54) is 11.3 Å². The first kappa shape index (κ1) is 14.7. The van der Waals surface area contributed by atoms with Gasteiger partial charge in [0.15, 0.2) is 0 Å². The molecule has 1 rings (SSSR count). The first-order valence-electron chi connectivity index (χ1n) is 6.32. The number of carbonyl (C=O) groups excluding carboxylic acids is 2. The molecule has 18 heavy (non-hydrogen) atoms. The zero-order valence-electron chi connectivity index (χ0n) is 10.7. The van der Waals surface area contributed by atoms with Crippen LogP contribution in [0.25, 0.3) is 0 Å². The van der Waals surface area contributed by atoms with E-state index in [0.29, 0.717) is 24.4 Å². The van der Waals surface area contributed by atoms with Crippen molar-refractivity contribution in [3.63, 3.8) is 0 Å². The Bertz CT molecular complexity index is 363. The van der Waals surface area contributed by atoms with Crippen molar-refractivity contribution in [2.75, 3.05) is 13.1 Å². The molecule has 1 heterocycles. The summed E-state index contributed by atoms with van der Waals surface area (Å²) < 4.78 is 0. The van der Waals surface area contributed by atoms with E-state index < -0.39 is 0 Å². The van der Waals surface area contributed by atoms with Crippen LogP contribution in [-0.2, 0) is 4.79 Å². The molecule has 0 saturated carbocycles. The van der Waals surface area contributed by atoms with Gasteiger partial charge in [0.05, 0.1) is 4.88 Å². The van der Waals surface area contributed by atoms with E-state index in [1.807, 2.05) is 11.4 Å². The third-order valence-corrected chi connectivity index (χ3v) is 3.35. The first-order chi connectivity index (χ1) is 8.74. The van der Waals surface area contributed by atoms with E-state index in [2.05, 4.69) is 17.6 Å². The number of hydrogen-bond acceptors (Lipinski definition) is 3. The summed E-state index contributed by atoms with van der Waals surface area (Å²) in [6.45, 7) is 3.07. The summed E-state index contributed by atoms with van der Waals surface area (Å²) in [5.41, 5.74) is 0. The van der Waals surface area contributed by atoms with Gasteiger partial charge in [0.25, 0.3) is 5.91 Å². The fraction of sp³-hybridized carbons (Fsp3) is 0.538. The number of carbonyl (C=O) groups is 2. The molecule has 0 aliphatic rings. The Kier molecular flexibility index (Phi) is 7.10. The van der Waals surface area contributed by atoms with Crippen molar-refractivity contribution in [3.8, 4) is 0 Å². The molecule has 5 heteroatoms. The molecule has 2 N–H and O–H groups in total. The molecule has 0 atom stereocenters. The molecule has 0 saturated heterocycles. The normalized spacial score (nSPS) is 10.1. The summed E-state index contributed by atoms with van der Waals surface area (Å²) >= 11 is 1.41. The van der Waals surface area contributed by atoms with Gasteiger partial charge in [0.1, 0.15) is 0 Å². The Labute approximate surface area is 112 Å². The predicted molar refractivity (Wildman–Crippen MR) is 73.8 cm³/mol. The average Bonchev–Trinajstić information content (AvgIpc) is 2.88. The largest absolute Gasteiger partial charge is 0.354 e. The summed E-state index contributed by atoms with van der Waals surface area (Å²) in [4.78, 5) is 23.6. The SMILES string of the molecule is CCCCCC(=O)NCCNC(=O)c1cccs1. The maximum Gasteiger partial charge on any atom is 0.261 e. The maximum atomic E-state index is 11.5. The lowest BCUT2D eigenvalue weighted by Crippen LogP contribution is -2.34. The van der Waals surface area contributed by atoms with Crippen LogP contribution in [0.2, 0.25) is 0 Å². The minimum atomic E-state index is -0.0785. The van der Waals surface area contributed by atoms with Crippen LogP contribution in [0.4, 0.5) is 0 Å². The van der Waals surface area contributed by atoms with Gasteiger partial charge >= 0.3 is 0 Å². The number of hydrogen-bond donors (Lipinski definition) is 2. The van der Waals surface area contributed by atoms with E-state index in [9.17, 15) is 9.59 Å². The van der Waals surface area contributed by atoms with Crippen LogP contribution in [0, 0.1) is 0 Å². The summed E-state index contributed by atoms with van der Waals surface area (Å²) in [7, 11) is 0. The minimum absolute atomic E-state index is 0.0637. The van der Waals surface area contributed by atoms with E-state index in [-0.39, 0.29) is 11.8 Å². The Morgan fingerprint density at radius 1 is 1.22 bits per heavy atom. The minimum Gasteiger partial charge on any atom is -0.354 e. The number of unbranched alkanes of at least 4 members (excludes halogenated alkanes) is 2. The number of nitrogens with one attached hydrogen (secondary N) is 2. The smallest absolute Gasteiger partial charge is 0.261 e. The standard InChI is InChI=1S/C13H20N2O2S/c1-2-3-4-7-12(16)14-8-9-15-13(17)11-6-5-10-18-11/h5-6,10H,2-4,7-9H2,1H3,(H,14,16)(H,15,17). The van der Waals surface area contributed by atoms with Gasteiger partial charge in [-0.2, -0.15) is 0 Å². The van der Waals surface area contributed by atoms with Gasteiger partial charge in [-0.3, -0.25) is 9.59 Å². The lowest BCUT2D eigenvalue weighted by molar-refractivity contribution is -0.121. The van der Waals surface area contributed by atoms with Gasteiger partial charge in [-0.25, -0.2) is 0 Å². The highest BCUT2D eigenvalue weighted by Gasteiger charge is 2.05. The highest BCUT2D eigenvalue weighted by molar-refractivity contribution is 7.12. The lowest BCUT2D eigenvalue weighted by atomic mass is 10.2. The predicted octanol–water partition coefficient (Wildman–Crippen LogP) is 2.17. The molecule has 0 aliphatic carbocycles. The van der Waals surface area contributed by atoms with E-state index in [0.717, 1.165) is 19.3 Å². The van der Waals surface area contributed by atoms with Crippen LogP contribution >= 0.6 is 11.3 Å². The molecule has 4 nitrogen and oxygen atoms in total. The summed E-state index contributed by atoms with van der Waals surface area (Å²) in [6, 6.07) is 3.62. The van der Waals surface area contributed by atoms with Crippen LogP contribution in [0.3, 0.4) is 0 Å². The second-order valence-electron chi connectivity index (χ2n) is 4.04. The quantitative estimate of drug-likeness (QED) is 0.710. The second-order valence-corrected chi connectivity index (χ2v) is 4.99. The first-order valence-corrected chi connectivity index (χ1v) is 7.20. The molecular weight excluding hydrogens is 248 g/mol. The molecule has 0 radical (unpaired) electrons. The Morgan fingerprint density at radius 3 is 2.67 bits per heavy atom. The monoisotopic (exact) mass is 268 g/mol. The summed E-state index contributed by atoms with van der Waals surface area (Å²) in [6.07, 6.45) is 3.71. The molecule has 0 bridgehead atoms. The van der Waals surface area contributed by atoms with Crippen molar-refractivity contribution in [2.45, 2.75) is 32.6 Å². The molecule has 0 spiro atoms. The van der Waals surface area contributed by atoms with Gasteiger partial charge < -0.3 is 10.6 Å². The van der Waals surface area contributed by atoms with E-state index in [1.54, 1.807) is 6.07 Å². The molecule has 0 fully saturated rings. The molecular formula is C13H20N2O2S. The van der Waals surface area contributed by atoms with Crippen LogP contribution in [0.1, 0.15) is 42.3 Å². The topological polar surface area (TPSA) is 58.2 Å². The van der Waals surface area contributed by atoms with Crippen molar-refractivity contribution in [2.24, 2.45) is 0 Å². The van der Waals surface area contributed by atoms with Gasteiger partial charge in [-0.1, -0.05) is 25.8 Å². The van der Waals surface area contributed by atoms with Crippen LogP contribution in [-0.4, -0.2) is 24.9 Å². The van der Waals surface area contributed by atoms with Crippen molar-refractivity contribution in [1.29, 1.82) is 0 Å². The third kappa shape index (κ3) is 5.82. The Morgan fingerprint density at radius 2 is 2.00 bits per heavy atom. The molecule has 0 aromatic carbocycles. The summed E-state index contributed by atoms with van der Waals surface area (Å²) in [5, 5.41) is 7.42. The van der Waals surface area contributed by atoms with Gasteiger partial charge in [0.2, 0.25) is 5.91 Å². The molecule has 1 aromatic rings. The second kappa shape index (κ2) is 8.69. The third-order valence-electron chi connectivity index (χ3n) is 2.49. The molecule has 2 amide bonds. The molecule has 100 valence electrons. The Balaban J connectivity index is 2.04. The number of amides is 2. The van der Waals surface area contributed by atoms with Crippen LogP contribution < -0.4 is 10.6 Å². The van der Waals surface area contributed by atoms with Gasteiger partial charge in [-0.05, 0) is 17.9 Å². The van der Waals surface area contributed by atoms with Crippen molar-refractivity contribution >= 4 is 23.2 Å². The number of rotatable bonds is 8. The maximum absolute atomic E-state index is 11.5. The van der Waals surface area contributed by atoms with Crippen molar-refractivity contribution < 1.29 is 9.59 Å². The highest BCUT2D eigenvalue weighted by atomic mass is 32.1. The summed E-state index contributed by atoms with van der Waals surface area (Å²) in [5.74, 6) is -0.0148. The van der Waals surface area contributed by atoms with Gasteiger partial charge in [-0.15, -0.1) is 11.3 Å². The average molecular weight is 268 g/mol. The van der Waals surface area contributed by atoms with Crippen LogP contribution in [0.5, 0.6) is 0 Å². The van der Waals surface area contributed by atoms with E-state index >= 15 is 0 Å². The zero-order valence-corrected chi connectivity index (χ0v) is 11.5. The van der Waals surface area contributed by atoms with Crippen molar-refractivity contribution in [1.82, 2.24) is 10.6 Å². The molecule has 1 aromatic heterocycles. The number of thiophene rings is 1. The molecule has 0 aliphatic heterocycles. The Hall–Kier alpha value is -1.36.